The van der Waals surface area contributed by atoms with Gasteiger partial charge in [-0.2, -0.15) is 0 Å². The fraction of sp³-hybridized carbons (Fsp3) is 0.391. The first-order valence-corrected chi connectivity index (χ1v) is 9.70. The number of ether oxygens (including phenoxy) is 1. The Morgan fingerprint density at radius 1 is 1.14 bits per heavy atom. The molecule has 0 unspecified atom stereocenters. The molecule has 0 aromatic heterocycles. The van der Waals surface area contributed by atoms with E-state index in [2.05, 4.69) is 17.0 Å². The molecule has 2 aliphatic rings. The maximum absolute atomic E-state index is 13.8. The van der Waals surface area contributed by atoms with Crippen molar-refractivity contribution < 1.29 is 18.7 Å². The average molecular weight is 381 g/mol. The minimum Gasteiger partial charge on any atom is -0.468 e. The van der Waals surface area contributed by atoms with Gasteiger partial charge in [-0.1, -0.05) is 42.5 Å². The van der Waals surface area contributed by atoms with E-state index in [1.54, 1.807) is 12.1 Å². The number of nitrogens with zero attached hydrogens (tertiary/aromatic N) is 1. The van der Waals surface area contributed by atoms with Crippen LogP contribution in [0, 0.1) is 11.2 Å². The van der Waals surface area contributed by atoms with Crippen molar-refractivity contribution in [3.05, 3.63) is 71.5 Å². The van der Waals surface area contributed by atoms with Gasteiger partial charge < -0.3 is 4.74 Å². The highest BCUT2D eigenvalue weighted by Crippen LogP contribution is 2.48. The summed E-state index contributed by atoms with van der Waals surface area (Å²) >= 11 is 0. The van der Waals surface area contributed by atoms with Gasteiger partial charge in [0.2, 0.25) is 0 Å². The Morgan fingerprint density at radius 2 is 1.89 bits per heavy atom. The van der Waals surface area contributed by atoms with E-state index in [4.69, 9.17) is 4.74 Å². The summed E-state index contributed by atoms with van der Waals surface area (Å²) in [5.41, 5.74) is 0.506. The SMILES string of the molecule is COC(=O)[C@]1(Cc2cccc(F)c2)C(=O)C[C@H]2CC[C@H]1N2Cc1ccccc1. The molecule has 146 valence electrons. The maximum Gasteiger partial charge on any atom is 0.321 e. The van der Waals surface area contributed by atoms with Crippen LogP contribution in [-0.2, 0) is 27.3 Å². The van der Waals surface area contributed by atoms with E-state index in [0.717, 1.165) is 18.4 Å². The summed E-state index contributed by atoms with van der Waals surface area (Å²) in [5.74, 6) is -0.961. The smallest absolute Gasteiger partial charge is 0.321 e. The molecule has 28 heavy (non-hydrogen) atoms. The van der Waals surface area contributed by atoms with E-state index >= 15 is 0 Å². The fourth-order valence-electron chi connectivity index (χ4n) is 4.99. The molecule has 2 saturated heterocycles. The molecule has 2 bridgehead atoms. The molecule has 2 fully saturated rings. The van der Waals surface area contributed by atoms with Gasteiger partial charge in [0, 0.05) is 25.0 Å². The molecule has 2 heterocycles. The first-order chi connectivity index (χ1) is 13.5. The largest absolute Gasteiger partial charge is 0.468 e. The van der Waals surface area contributed by atoms with E-state index in [0.29, 0.717) is 18.5 Å². The summed E-state index contributed by atoms with van der Waals surface area (Å²) in [4.78, 5) is 28.5. The molecular weight excluding hydrogens is 357 g/mol. The highest BCUT2D eigenvalue weighted by atomic mass is 19.1. The molecule has 0 saturated carbocycles. The summed E-state index contributed by atoms with van der Waals surface area (Å²) in [6.45, 7) is 0.686. The number of Topliss-reactive ketones (excluding diaryl/α,β-unsaturated/α-hetero) is 1. The Bertz CT molecular complexity index is 884. The van der Waals surface area contributed by atoms with Gasteiger partial charge in [0.1, 0.15) is 11.2 Å². The van der Waals surface area contributed by atoms with E-state index in [1.165, 1.54) is 19.2 Å². The molecule has 3 atom stereocenters. The van der Waals surface area contributed by atoms with Crippen LogP contribution >= 0.6 is 0 Å². The van der Waals surface area contributed by atoms with Crippen LogP contribution < -0.4 is 0 Å². The van der Waals surface area contributed by atoms with Crippen molar-refractivity contribution in [2.24, 2.45) is 5.41 Å². The molecule has 0 amide bonds. The highest BCUT2D eigenvalue weighted by Gasteiger charge is 2.61. The first kappa shape index (κ1) is 18.8. The number of esters is 1. The van der Waals surface area contributed by atoms with E-state index in [-0.39, 0.29) is 30.1 Å². The third-order valence-electron chi connectivity index (χ3n) is 6.26. The second kappa shape index (κ2) is 7.47. The zero-order valence-electron chi connectivity index (χ0n) is 15.9. The number of benzene rings is 2. The van der Waals surface area contributed by atoms with Crippen LogP contribution in [0.3, 0.4) is 0 Å². The van der Waals surface area contributed by atoms with Gasteiger partial charge in [-0.25, -0.2) is 4.39 Å². The second-order valence-electron chi connectivity index (χ2n) is 7.80. The Labute approximate surface area is 164 Å². The highest BCUT2D eigenvalue weighted by molar-refractivity contribution is 6.06. The number of hydrogen-bond donors (Lipinski definition) is 0. The van der Waals surface area contributed by atoms with Crippen LogP contribution in [0.5, 0.6) is 0 Å². The Morgan fingerprint density at radius 3 is 2.61 bits per heavy atom. The quantitative estimate of drug-likeness (QED) is 0.587. The van der Waals surface area contributed by atoms with Gasteiger partial charge in [0.25, 0.3) is 0 Å². The van der Waals surface area contributed by atoms with Crippen LogP contribution in [0.4, 0.5) is 4.39 Å². The van der Waals surface area contributed by atoms with Gasteiger partial charge >= 0.3 is 5.97 Å². The normalized spacial score (nSPS) is 27.0. The standard InChI is InChI=1S/C23H24FNO3/c1-28-22(27)23(14-17-8-5-9-18(24)12-17)20-11-10-19(13-21(23)26)25(20)15-16-6-3-2-4-7-16/h2-9,12,19-20H,10-11,13-15H2,1H3/t19-,20-,23+/m1/s1. The lowest BCUT2D eigenvalue weighted by molar-refractivity contribution is -0.167. The van der Waals surface area contributed by atoms with Crippen molar-refractivity contribution in [1.82, 2.24) is 4.90 Å². The van der Waals surface area contributed by atoms with Crippen LogP contribution in [0.2, 0.25) is 0 Å². The van der Waals surface area contributed by atoms with Crippen LogP contribution in [0.15, 0.2) is 54.6 Å². The van der Waals surface area contributed by atoms with Crippen molar-refractivity contribution in [2.45, 2.75) is 44.3 Å². The molecule has 0 radical (unpaired) electrons. The summed E-state index contributed by atoms with van der Waals surface area (Å²) in [7, 11) is 1.32. The predicted octanol–water partition coefficient (Wildman–Crippen LogP) is 3.53. The number of hydrogen-bond acceptors (Lipinski definition) is 4. The molecule has 4 rings (SSSR count). The topological polar surface area (TPSA) is 46.6 Å². The van der Waals surface area contributed by atoms with Gasteiger partial charge in [-0.15, -0.1) is 0 Å². The summed E-state index contributed by atoms with van der Waals surface area (Å²) < 4.78 is 18.9. The Hall–Kier alpha value is -2.53. The Balaban J connectivity index is 1.73. The number of carbonyl (C=O) groups is 2. The van der Waals surface area contributed by atoms with E-state index < -0.39 is 11.4 Å². The molecule has 0 N–H and O–H groups in total. The number of piperidine rings is 1. The zero-order valence-corrected chi connectivity index (χ0v) is 15.9. The van der Waals surface area contributed by atoms with Crippen LogP contribution in [-0.4, -0.2) is 35.8 Å². The number of carbonyl (C=O) groups excluding carboxylic acids is 2. The molecule has 4 nitrogen and oxygen atoms in total. The lowest BCUT2D eigenvalue weighted by Crippen LogP contribution is -2.61. The summed E-state index contributed by atoms with van der Waals surface area (Å²) in [6, 6.07) is 16.1. The van der Waals surface area contributed by atoms with Crippen molar-refractivity contribution in [1.29, 1.82) is 0 Å². The predicted molar refractivity (Wildman–Crippen MR) is 103 cm³/mol. The molecular formula is C23H24FNO3. The number of ketones is 1. The number of methoxy groups -OCH3 is 1. The monoisotopic (exact) mass is 381 g/mol. The molecule has 0 aliphatic carbocycles. The van der Waals surface area contributed by atoms with Crippen LogP contribution in [0.1, 0.15) is 30.4 Å². The minimum absolute atomic E-state index is 0.0829. The molecule has 5 heteroatoms. The molecule has 0 spiro atoms. The second-order valence-corrected chi connectivity index (χ2v) is 7.80. The first-order valence-electron chi connectivity index (χ1n) is 9.70. The van der Waals surface area contributed by atoms with Crippen molar-refractivity contribution in [3.8, 4) is 0 Å². The number of halogens is 1. The lowest BCUT2D eigenvalue weighted by atomic mass is 9.68. The minimum atomic E-state index is -1.29. The Kier molecular flexibility index (Phi) is 5.02. The lowest BCUT2D eigenvalue weighted by Gasteiger charge is -2.45. The zero-order chi connectivity index (χ0) is 19.7. The van der Waals surface area contributed by atoms with Crippen molar-refractivity contribution in [3.63, 3.8) is 0 Å². The molecule has 2 aromatic rings. The van der Waals surface area contributed by atoms with Crippen molar-refractivity contribution in [2.75, 3.05) is 7.11 Å². The fourth-order valence-corrected chi connectivity index (χ4v) is 4.99. The van der Waals surface area contributed by atoms with Crippen LogP contribution in [0.25, 0.3) is 0 Å². The third kappa shape index (κ3) is 3.14. The van der Waals surface area contributed by atoms with E-state index in [9.17, 15) is 14.0 Å². The molecule has 2 aliphatic heterocycles. The molecule has 2 aromatic carbocycles. The van der Waals surface area contributed by atoms with Gasteiger partial charge in [-0.05, 0) is 42.5 Å². The summed E-state index contributed by atoms with van der Waals surface area (Å²) in [6.07, 6.45) is 2.13. The van der Waals surface area contributed by atoms with E-state index in [1.807, 2.05) is 18.2 Å². The number of fused-ring (bicyclic) bond motifs is 2. The average Bonchev–Trinajstić information content (AvgIpc) is 3.01. The van der Waals surface area contributed by atoms with Crippen molar-refractivity contribution >= 4 is 11.8 Å². The van der Waals surface area contributed by atoms with Gasteiger partial charge in [-0.3, -0.25) is 14.5 Å². The van der Waals surface area contributed by atoms with Gasteiger partial charge in [0.05, 0.1) is 7.11 Å². The maximum atomic E-state index is 13.8. The third-order valence-corrected chi connectivity index (χ3v) is 6.26. The summed E-state index contributed by atoms with van der Waals surface area (Å²) in [5, 5.41) is 0. The number of rotatable bonds is 5. The van der Waals surface area contributed by atoms with Gasteiger partial charge in [0.15, 0.2) is 5.78 Å².